The van der Waals surface area contributed by atoms with Crippen LogP contribution in [0.15, 0.2) is 22.9 Å². The molecular weight excluding hydrogens is 433 g/mol. The lowest BCUT2D eigenvalue weighted by Crippen LogP contribution is -1.78. The Morgan fingerprint density at radius 1 is 0.630 bits per heavy atom. The SMILES string of the molecule is c1cc2sc3c([nH]c4c5[nH]c6c7sccc7sc6c5c5nsnc5c43)c2s1. The average molecular weight is 439 g/mol. The monoisotopic (exact) mass is 438 g/mol. The summed E-state index contributed by atoms with van der Waals surface area (Å²) < 4.78 is 17.4. The second-order valence-electron chi connectivity index (χ2n) is 6.55. The van der Waals surface area contributed by atoms with E-state index in [1.807, 2.05) is 22.7 Å². The van der Waals surface area contributed by atoms with Crippen LogP contribution in [0, 0.1) is 0 Å². The van der Waals surface area contributed by atoms with E-state index in [0.29, 0.717) is 0 Å². The highest BCUT2D eigenvalue weighted by Gasteiger charge is 2.24. The molecule has 0 atom stereocenters. The lowest BCUT2D eigenvalue weighted by molar-refractivity contribution is 1.54. The molecule has 0 bridgehead atoms. The maximum atomic E-state index is 4.72. The van der Waals surface area contributed by atoms with Crippen molar-refractivity contribution in [3.05, 3.63) is 22.9 Å². The summed E-state index contributed by atoms with van der Waals surface area (Å²) in [4.78, 5) is 7.48. The Kier molecular flexibility index (Phi) is 2.34. The first-order valence-electron chi connectivity index (χ1n) is 8.25. The Morgan fingerprint density at radius 2 is 1.15 bits per heavy atom. The van der Waals surface area contributed by atoms with Gasteiger partial charge in [-0.3, -0.25) is 0 Å². The summed E-state index contributed by atoms with van der Waals surface area (Å²) in [5.41, 5.74) is 6.85. The van der Waals surface area contributed by atoms with Crippen molar-refractivity contribution in [1.29, 1.82) is 0 Å². The molecule has 0 unspecified atom stereocenters. The summed E-state index contributed by atoms with van der Waals surface area (Å²) in [6.45, 7) is 0. The summed E-state index contributed by atoms with van der Waals surface area (Å²) >= 11 is 8.61. The number of aromatic nitrogens is 4. The van der Waals surface area contributed by atoms with Gasteiger partial charge in [0.15, 0.2) is 0 Å². The number of thiophene rings is 4. The quantitative estimate of drug-likeness (QED) is 0.257. The summed E-state index contributed by atoms with van der Waals surface area (Å²) in [6.07, 6.45) is 0. The number of H-pyrrole nitrogens is 2. The average Bonchev–Trinajstić information content (AvgIpc) is 3.44. The highest BCUT2D eigenvalue weighted by Crippen LogP contribution is 2.49. The van der Waals surface area contributed by atoms with Crippen LogP contribution < -0.4 is 0 Å². The summed E-state index contributed by atoms with van der Waals surface area (Å²) in [5, 5.41) is 6.76. The number of nitrogens with zero attached hydrogens (tertiary/aromatic N) is 2. The van der Waals surface area contributed by atoms with E-state index in [4.69, 9.17) is 8.75 Å². The fourth-order valence-corrected chi connectivity index (χ4v) is 9.38. The zero-order chi connectivity index (χ0) is 17.3. The van der Waals surface area contributed by atoms with Crippen molar-refractivity contribution in [3.63, 3.8) is 0 Å². The minimum absolute atomic E-state index is 1.03. The summed E-state index contributed by atoms with van der Waals surface area (Å²) in [7, 11) is 0. The molecule has 8 aromatic rings. The molecule has 2 N–H and O–H groups in total. The van der Waals surface area contributed by atoms with Gasteiger partial charge < -0.3 is 9.97 Å². The Labute approximate surface area is 170 Å². The normalized spacial score (nSPS) is 13.2. The van der Waals surface area contributed by atoms with Gasteiger partial charge in [0.25, 0.3) is 0 Å². The minimum Gasteiger partial charge on any atom is -0.351 e. The van der Waals surface area contributed by atoms with Gasteiger partial charge in [-0.25, -0.2) is 0 Å². The van der Waals surface area contributed by atoms with Gasteiger partial charge in [0.1, 0.15) is 11.0 Å². The fourth-order valence-electron chi connectivity index (χ4n) is 4.17. The second-order valence-corrected chi connectivity index (χ2v) is 11.0. The number of hydrogen-bond acceptors (Lipinski definition) is 7. The van der Waals surface area contributed by atoms with Crippen LogP contribution in [0.25, 0.3) is 72.1 Å². The molecule has 0 radical (unpaired) electrons. The third-order valence-corrected chi connectivity index (χ3v) is 10.3. The third kappa shape index (κ3) is 1.49. The maximum absolute atomic E-state index is 4.72. The minimum atomic E-state index is 1.03. The smallest absolute Gasteiger partial charge is 0.116 e. The van der Waals surface area contributed by atoms with Crippen LogP contribution in [-0.2, 0) is 0 Å². The molecule has 4 nitrogen and oxygen atoms in total. The predicted molar refractivity (Wildman–Crippen MR) is 123 cm³/mol. The predicted octanol–water partition coefficient (Wildman–Crippen LogP) is 7.51. The molecule has 0 aliphatic carbocycles. The van der Waals surface area contributed by atoms with Crippen molar-refractivity contribution in [2.75, 3.05) is 0 Å². The summed E-state index contributed by atoms with van der Waals surface area (Å²) in [5.74, 6) is 0. The Balaban J connectivity index is 1.75. The van der Waals surface area contributed by atoms with Crippen molar-refractivity contribution in [2.24, 2.45) is 0 Å². The Hall–Kier alpha value is -2.04. The van der Waals surface area contributed by atoms with Gasteiger partial charge in [0, 0.05) is 20.2 Å². The maximum Gasteiger partial charge on any atom is 0.116 e. The third-order valence-electron chi connectivity index (χ3n) is 5.26. The van der Waals surface area contributed by atoms with Crippen molar-refractivity contribution in [2.45, 2.75) is 0 Å². The molecule has 128 valence electrons. The first-order chi connectivity index (χ1) is 13.4. The Bertz CT molecular complexity index is 1710. The molecule has 0 aliphatic rings. The van der Waals surface area contributed by atoms with Gasteiger partial charge in [-0.05, 0) is 22.9 Å². The zero-order valence-electron chi connectivity index (χ0n) is 13.2. The van der Waals surface area contributed by atoms with E-state index in [1.54, 1.807) is 22.7 Å². The first-order valence-corrected chi connectivity index (χ1v) is 12.4. The largest absolute Gasteiger partial charge is 0.351 e. The number of benzene rings is 1. The van der Waals surface area contributed by atoms with Gasteiger partial charge in [-0.2, -0.15) is 8.75 Å². The van der Waals surface area contributed by atoms with Gasteiger partial charge in [-0.15, -0.1) is 45.3 Å². The van der Waals surface area contributed by atoms with Crippen molar-refractivity contribution >= 4 is 129 Å². The van der Waals surface area contributed by atoms with Crippen molar-refractivity contribution in [3.8, 4) is 0 Å². The molecular formula is C18H6N4S5. The first kappa shape index (κ1) is 14.0. The van der Waals surface area contributed by atoms with Crippen LogP contribution in [0.4, 0.5) is 0 Å². The van der Waals surface area contributed by atoms with Gasteiger partial charge in [-0.1, -0.05) is 0 Å². The fraction of sp³-hybridized carbons (Fsp3) is 0. The Morgan fingerprint density at radius 3 is 1.67 bits per heavy atom. The van der Waals surface area contributed by atoms with Crippen molar-refractivity contribution < 1.29 is 0 Å². The van der Waals surface area contributed by atoms with Crippen LogP contribution in [0.3, 0.4) is 0 Å². The van der Waals surface area contributed by atoms with Gasteiger partial charge >= 0.3 is 0 Å². The van der Waals surface area contributed by atoms with Gasteiger partial charge in [0.05, 0.1) is 52.6 Å². The van der Waals surface area contributed by atoms with Gasteiger partial charge in [0.2, 0.25) is 0 Å². The number of aromatic amines is 2. The van der Waals surface area contributed by atoms with E-state index in [0.717, 1.165) is 22.1 Å². The molecule has 0 saturated carbocycles. The van der Waals surface area contributed by atoms with E-state index < -0.39 is 0 Å². The molecule has 9 heteroatoms. The molecule has 0 spiro atoms. The highest BCUT2D eigenvalue weighted by molar-refractivity contribution is 7.33. The van der Waals surface area contributed by atoms with Crippen molar-refractivity contribution in [1.82, 2.24) is 18.7 Å². The highest BCUT2D eigenvalue weighted by atomic mass is 32.1. The van der Waals surface area contributed by atoms with Crippen LogP contribution in [0.2, 0.25) is 0 Å². The standard InChI is InChI=1S/C18H6N4S5/c1-3-23-15-5(1)25-17-7-9(19-13(15)17)10-8(12-11(7)21-27-22-12)18-14(20-10)16-6(26-18)2-4-24-16/h1-4,19-20H. The molecule has 7 aromatic heterocycles. The molecule has 0 aliphatic heterocycles. The molecule has 1 aromatic carbocycles. The number of fused-ring (bicyclic) bond motifs is 14. The van der Waals surface area contributed by atoms with E-state index in [2.05, 4.69) is 32.9 Å². The van der Waals surface area contributed by atoms with E-state index in [1.165, 1.54) is 61.7 Å². The number of rotatable bonds is 0. The second kappa shape index (κ2) is 4.50. The van der Waals surface area contributed by atoms with Crippen LogP contribution in [0.1, 0.15) is 0 Å². The molecule has 27 heavy (non-hydrogen) atoms. The topological polar surface area (TPSA) is 57.4 Å². The molecule has 8 rings (SSSR count). The molecule has 0 saturated heterocycles. The summed E-state index contributed by atoms with van der Waals surface area (Å²) in [6, 6.07) is 4.41. The molecule has 0 amide bonds. The number of hydrogen-bond donors (Lipinski definition) is 2. The lowest BCUT2D eigenvalue weighted by atomic mass is 10.1. The number of nitrogens with one attached hydrogen (secondary N) is 2. The molecule has 0 fully saturated rings. The van der Waals surface area contributed by atoms with E-state index in [9.17, 15) is 0 Å². The molecule has 7 heterocycles. The van der Waals surface area contributed by atoms with Crippen LogP contribution in [0.5, 0.6) is 0 Å². The van der Waals surface area contributed by atoms with E-state index in [-0.39, 0.29) is 0 Å². The lowest BCUT2D eigenvalue weighted by Gasteiger charge is -1.96. The van der Waals surface area contributed by atoms with E-state index >= 15 is 0 Å². The van der Waals surface area contributed by atoms with Crippen LogP contribution >= 0.6 is 57.1 Å². The van der Waals surface area contributed by atoms with Crippen LogP contribution in [-0.4, -0.2) is 18.7 Å². The zero-order valence-corrected chi connectivity index (χ0v) is 17.3.